The Kier molecular flexibility index (Phi) is 4.62. The van der Waals surface area contributed by atoms with E-state index in [1.165, 1.54) is 22.3 Å². The summed E-state index contributed by atoms with van der Waals surface area (Å²) in [5, 5.41) is 0.770. The lowest BCUT2D eigenvalue weighted by Crippen LogP contribution is -2.25. The number of hydrogen-bond acceptors (Lipinski definition) is 1. The summed E-state index contributed by atoms with van der Waals surface area (Å²) in [6, 6.07) is 14.7. The number of hydrogen-bond donors (Lipinski definition) is 1. The molecule has 2 heteroatoms. The topological polar surface area (TPSA) is 26.0 Å². The molecule has 19 heavy (non-hydrogen) atoms. The van der Waals surface area contributed by atoms with Gasteiger partial charge in [0.1, 0.15) is 0 Å². The molecular weight excluding hydrogens is 254 g/mol. The number of aryl methyl sites for hydroxylation is 2. The summed E-state index contributed by atoms with van der Waals surface area (Å²) in [6.45, 7) is 4.25. The molecule has 100 valence electrons. The fourth-order valence-electron chi connectivity index (χ4n) is 2.48. The minimum atomic E-state index is 0.141. The van der Waals surface area contributed by atoms with E-state index in [9.17, 15) is 0 Å². The Morgan fingerprint density at radius 2 is 1.42 bits per heavy atom. The van der Waals surface area contributed by atoms with Crippen LogP contribution in [-0.2, 0) is 12.8 Å². The fourth-order valence-corrected chi connectivity index (χ4v) is 2.61. The Morgan fingerprint density at radius 1 is 0.895 bits per heavy atom. The van der Waals surface area contributed by atoms with Crippen LogP contribution in [0.4, 0.5) is 0 Å². The molecule has 2 rings (SSSR count). The van der Waals surface area contributed by atoms with Crippen molar-refractivity contribution in [1.82, 2.24) is 0 Å². The first kappa shape index (κ1) is 14.1. The van der Waals surface area contributed by atoms with E-state index < -0.39 is 0 Å². The smallest absolute Gasteiger partial charge is 0.0406 e. The van der Waals surface area contributed by atoms with Crippen molar-refractivity contribution >= 4 is 11.6 Å². The highest BCUT2D eigenvalue weighted by molar-refractivity contribution is 6.30. The summed E-state index contributed by atoms with van der Waals surface area (Å²) in [7, 11) is 0. The van der Waals surface area contributed by atoms with E-state index in [4.69, 9.17) is 17.3 Å². The van der Waals surface area contributed by atoms with Crippen LogP contribution in [0.1, 0.15) is 22.3 Å². The summed E-state index contributed by atoms with van der Waals surface area (Å²) in [5.74, 6) is 0. The Bertz CT molecular complexity index is 525. The monoisotopic (exact) mass is 273 g/mol. The Balaban J connectivity index is 2.00. The van der Waals surface area contributed by atoms with Crippen molar-refractivity contribution in [2.45, 2.75) is 32.7 Å². The molecule has 0 aliphatic heterocycles. The van der Waals surface area contributed by atoms with Gasteiger partial charge in [-0.3, -0.25) is 0 Å². The van der Waals surface area contributed by atoms with Crippen molar-refractivity contribution in [2.24, 2.45) is 5.73 Å². The van der Waals surface area contributed by atoms with Crippen LogP contribution in [0.2, 0.25) is 5.02 Å². The maximum atomic E-state index is 6.24. The first-order valence-corrected chi connectivity index (χ1v) is 6.98. The molecule has 0 bridgehead atoms. The standard InChI is InChI=1S/C17H20ClN/c1-12-7-13(2)9-15(8-12)11-17(19)10-14-3-5-16(18)6-4-14/h3-9,17H,10-11,19H2,1-2H3. The summed E-state index contributed by atoms with van der Waals surface area (Å²) in [4.78, 5) is 0. The maximum Gasteiger partial charge on any atom is 0.0406 e. The van der Waals surface area contributed by atoms with E-state index >= 15 is 0 Å². The Hall–Kier alpha value is -1.31. The number of halogens is 1. The molecule has 0 amide bonds. The molecule has 0 saturated carbocycles. The van der Waals surface area contributed by atoms with Crippen molar-refractivity contribution < 1.29 is 0 Å². The molecule has 0 aliphatic rings. The van der Waals surface area contributed by atoms with Crippen LogP contribution < -0.4 is 5.73 Å². The minimum absolute atomic E-state index is 0.141. The van der Waals surface area contributed by atoms with Crippen LogP contribution in [0.15, 0.2) is 42.5 Å². The van der Waals surface area contributed by atoms with Crippen LogP contribution >= 0.6 is 11.6 Å². The average molecular weight is 274 g/mol. The third-order valence-corrected chi connectivity index (χ3v) is 3.44. The highest BCUT2D eigenvalue weighted by atomic mass is 35.5. The van der Waals surface area contributed by atoms with E-state index in [2.05, 4.69) is 32.0 Å². The molecule has 0 fully saturated rings. The van der Waals surface area contributed by atoms with Crippen LogP contribution in [0.25, 0.3) is 0 Å². The Morgan fingerprint density at radius 3 is 2.00 bits per heavy atom. The predicted molar refractivity (Wildman–Crippen MR) is 82.8 cm³/mol. The molecule has 2 N–H and O–H groups in total. The molecule has 2 aromatic carbocycles. The van der Waals surface area contributed by atoms with Gasteiger partial charge in [0.05, 0.1) is 0 Å². The molecule has 1 nitrogen and oxygen atoms in total. The van der Waals surface area contributed by atoms with Crippen molar-refractivity contribution in [3.8, 4) is 0 Å². The van der Waals surface area contributed by atoms with E-state index in [0.29, 0.717) is 0 Å². The normalized spacial score (nSPS) is 12.4. The molecular formula is C17H20ClN. The molecule has 0 aliphatic carbocycles. The van der Waals surface area contributed by atoms with E-state index in [0.717, 1.165) is 17.9 Å². The van der Waals surface area contributed by atoms with E-state index in [-0.39, 0.29) is 6.04 Å². The Labute approximate surface area is 120 Å². The van der Waals surface area contributed by atoms with Crippen LogP contribution in [0.5, 0.6) is 0 Å². The molecule has 0 heterocycles. The summed E-state index contributed by atoms with van der Waals surface area (Å²) < 4.78 is 0. The molecule has 0 saturated heterocycles. The van der Waals surface area contributed by atoms with Gasteiger partial charge in [0.15, 0.2) is 0 Å². The van der Waals surface area contributed by atoms with Crippen molar-refractivity contribution in [3.05, 3.63) is 69.7 Å². The van der Waals surface area contributed by atoms with Gasteiger partial charge in [-0.1, -0.05) is 53.1 Å². The second-order valence-electron chi connectivity index (χ2n) is 5.29. The van der Waals surface area contributed by atoms with Gasteiger partial charge >= 0.3 is 0 Å². The van der Waals surface area contributed by atoms with Crippen LogP contribution in [0.3, 0.4) is 0 Å². The third kappa shape index (κ3) is 4.38. The largest absolute Gasteiger partial charge is 0.327 e. The third-order valence-electron chi connectivity index (χ3n) is 3.19. The quantitative estimate of drug-likeness (QED) is 0.893. The second-order valence-corrected chi connectivity index (χ2v) is 5.73. The minimum Gasteiger partial charge on any atom is -0.327 e. The zero-order chi connectivity index (χ0) is 13.8. The lowest BCUT2D eigenvalue weighted by Gasteiger charge is -2.13. The van der Waals surface area contributed by atoms with Gasteiger partial charge in [0.25, 0.3) is 0 Å². The first-order chi connectivity index (χ1) is 9.02. The second kappa shape index (κ2) is 6.23. The van der Waals surface area contributed by atoms with Gasteiger partial charge in [-0.05, 0) is 49.9 Å². The van der Waals surface area contributed by atoms with Gasteiger partial charge in [-0.15, -0.1) is 0 Å². The SMILES string of the molecule is Cc1cc(C)cc(CC(N)Cc2ccc(Cl)cc2)c1. The number of nitrogens with two attached hydrogens (primary N) is 1. The summed E-state index contributed by atoms with van der Waals surface area (Å²) in [6.07, 6.45) is 1.79. The van der Waals surface area contributed by atoms with Crippen molar-refractivity contribution in [3.63, 3.8) is 0 Å². The lowest BCUT2D eigenvalue weighted by atomic mass is 9.97. The highest BCUT2D eigenvalue weighted by Gasteiger charge is 2.06. The number of rotatable bonds is 4. The highest BCUT2D eigenvalue weighted by Crippen LogP contribution is 2.14. The zero-order valence-corrected chi connectivity index (χ0v) is 12.2. The summed E-state index contributed by atoms with van der Waals surface area (Å²) in [5.41, 5.74) is 11.4. The van der Waals surface area contributed by atoms with Gasteiger partial charge in [0, 0.05) is 11.1 Å². The van der Waals surface area contributed by atoms with Crippen molar-refractivity contribution in [2.75, 3.05) is 0 Å². The zero-order valence-electron chi connectivity index (χ0n) is 11.5. The van der Waals surface area contributed by atoms with Crippen LogP contribution in [-0.4, -0.2) is 6.04 Å². The molecule has 0 aromatic heterocycles. The number of benzene rings is 2. The van der Waals surface area contributed by atoms with Gasteiger partial charge in [0.2, 0.25) is 0 Å². The summed E-state index contributed by atoms with van der Waals surface area (Å²) >= 11 is 5.88. The molecule has 0 spiro atoms. The molecule has 2 aromatic rings. The molecule has 1 atom stereocenters. The van der Waals surface area contributed by atoms with E-state index in [1.54, 1.807) is 0 Å². The lowest BCUT2D eigenvalue weighted by molar-refractivity contribution is 0.664. The van der Waals surface area contributed by atoms with E-state index in [1.807, 2.05) is 24.3 Å². The van der Waals surface area contributed by atoms with Crippen LogP contribution in [0, 0.1) is 13.8 Å². The van der Waals surface area contributed by atoms with Crippen molar-refractivity contribution in [1.29, 1.82) is 0 Å². The molecule has 0 radical (unpaired) electrons. The fraction of sp³-hybridized carbons (Fsp3) is 0.294. The van der Waals surface area contributed by atoms with Gasteiger partial charge in [-0.25, -0.2) is 0 Å². The van der Waals surface area contributed by atoms with Gasteiger partial charge < -0.3 is 5.73 Å². The predicted octanol–water partition coefficient (Wildman–Crippen LogP) is 4.07. The van der Waals surface area contributed by atoms with Gasteiger partial charge in [-0.2, -0.15) is 0 Å². The maximum absolute atomic E-state index is 6.24. The molecule has 1 unspecified atom stereocenters. The average Bonchev–Trinajstić information content (AvgIpc) is 2.30. The first-order valence-electron chi connectivity index (χ1n) is 6.60.